The van der Waals surface area contributed by atoms with Crippen LogP contribution in [-0.4, -0.2) is 108 Å². The van der Waals surface area contributed by atoms with Crippen molar-refractivity contribution in [3.63, 3.8) is 0 Å². The largest absolute Gasteiger partial charge is 0.472 e. The molecule has 2 unspecified atom stereocenters. The van der Waals surface area contributed by atoms with Crippen molar-refractivity contribution in [1.82, 2.24) is 43.8 Å². The Morgan fingerprint density at radius 2 is 1.64 bits per heavy atom. The number of hydrogen-bond donors (Lipinski definition) is 4. The molecule has 4 aliphatic heterocycles. The molecule has 21 nitrogen and oxygen atoms in total. The van der Waals surface area contributed by atoms with Gasteiger partial charge in [0, 0.05) is 6.54 Å². The summed E-state index contributed by atoms with van der Waals surface area (Å²) in [5, 5.41) is 0. The minimum atomic E-state index is -5.04. The highest BCUT2D eigenvalue weighted by molar-refractivity contribution is 7.84. The number of nitrogens with zero attached hydrogens (tertiary/aromatic N) is 8. The lowest BCUT2D eigenvalue weighted by Crippen LogP contribution is -2.66. The monoisotopic (exact) mass is 671 g/mol. The molecule has 45 heavy (non-hydrogen) atoms. The van der Waals surface area contributed by atoms with Gasteiger partial charge in [-0.2, -0.15) is 13.1 Å². The maximum absolute atomic E-state index is 15.9. The molecule has 0 aliphatic carbocycles. The number of phosphoric ester groups is 1. The second-order valence-electron chi connectivity index (χ2n) is 10.6. The fraction of sp³-hybridized carbons (Fsp3) is 0.524. The van der Waals surface area contributed by atoms with Gasteiger partial charge < -0.3 is 30.6 Å². The first-order valence-electron chi connectivity index (χ1n) is 13.2. The van der Waals surface area contributed by atoms with Crippen LogP contribution in [0.3, 0.4) is 0 Å². The van der Waals surface area contributed by atoms with Crippen molar-refractivity contribution in [3.05, 3.63) is 25.3 Å². The minimum absolute atomic E-state index is 0.0272. The van der Waals surface area contributed by atoms with E-state index in [1.54, 1.807) is 0 Å². The molecule has 0 saturated carbocycles. The fourth-order valence-electron chi connectivity index (χ4n) is 5.90. The molecule has 4 aliphatic rings. The molecule has 4 saturated heterocycles. The molecule has 4 aromatic heterocycles. The van der Waals surface area contributed by atoms with E-state index in [0.29, 0.717) is 0 Å². The van der Waals surface area contributed by atoms with Crippen LogP contribution in [0.15, 0.2) is 25.3 Å². The number of nitrogens with one attached hydrogen (secondary N) is 1. The molecule has 0 amide bonds. The standard InChI is InChI=1S/C21H23FN11O10PS/c22-10-13-8(40-19(10)32-6-29-11-15(23)25-4-27-17(11)32)1-31-45(36,37)43-21-3-38-14(21)20(41-9(21)2-39-44(34,35)42-13)33-7-30-12-16(24)26-5-28-18(12)33/h4-10,13-14,19-20,31H,1-3H2,(H,34,35)(H2,23,25,27)(H2,24,26,28)/t8-,9-,10-,13-,14+,19-,20-,21?/m1/s1. The van der Waals surface area contributed by atoms with Gasteiger partial charge in [-0.25, -0.2) is 43.0 Å². The van der Waals surface area contributed by atoms with Crippen molar-refractivity contribution in [3.8, 4) is 0 Å². The summed E-state index contributed by atoms with van der Waals surface area (Å²) in [7, 11) is -9.66. The van der Waals surface area contributed by atoms with Gasteiger partial charge in [-0.3, -0.25) is 18.2 Å². The number of hydrogen-bond acceptors (Lipinski definition) is 17. The minimum Gasteiger partial charge on any atom is -0.382 e. The quantitative estimate of drug-likeness (QED) is 0.176. The Balaban J connectivity index is 1.10. The number of anilines is 2. The van der Waals surface area contributed by atoms with Gasteiger partial charge in [0.15, 0.2) is 47.2 Å². The second kappa shape index (κ2) is 9.99. The highest BCUT2D eigenvalue weighted by Crippen LogP contribution is 2.54. The number of phosphoric acid groups is 1. The van der Waals surface area contributed by atoms with Gasteiger partial charge in [0.1, 0.15) is 48.1 Å². The zero-order chi connectivity index (χ0) is 31.3. The number of aromatic nitrogens is 8. The summed E-state index contributed by atoms with van der Waals surface area (Å²) in [6, 6.07) is 0. The molecule has 1 spiro atoms. The highest BCUT2D eigenvalue weighted by Gasteiger charge is 2.68. The first-order chi connectivity index (χ1) is 21.5. The molecule has 240 valence electrons. The Kier molecular flexibility index (Phi) is 6.42. The van der Waals surface area contributed by atoms with E-state index in [1.807, 2.05) is 0 Å². The third kappa shape index (κ3) is 4.50. The number of rotatable bonds is 2. The Morgan fingerprint density at radius 1 is 1.00 bits per heavy atom. The third-order valence-electron chi connectivity index (χ3n) is 8.04. The summed E-state index contributed by atoms with van der Waals surface area (Å²) in [5.74, 6) is 0.122. The van der Waals surface area contributed by atoms with Crippen LogP contribution in [0.5, 0.6) is 0 Å². The molecule has 0 radical (unpaired) electrons. The first kappa shape index (κ1) is 28.9. The van der Waals surface area contributed by atoms with E-state index in [4.69, 9.17) is 38.9 Å². The van der Waals surface area contributed by atoms with Crippen molar-refractivity contribution >= 4 is 52.1 Å². The molecule has 4 fully saturated rings. The zero-order valence-corrected chi connectivity index (χ0v) is 24.3. The topological polar surface area (TPSA) is 278 Å². The van der Waals surface area contributed by atoms with Gasteiger partial charge in [-0.05, 0) is 0 Å². The molecule has 0 aromatic carbocycles. The van der Waals surface area contributed by atoms with Crippen LogP contribution < -0.4 is 16.2 Å². The summed E-state index contributed by atoms with van der Waals surface area (Å²) in [4.78, 5) is 34.9. The highest BCUT2D eigenvalue weighted by atomic mass is 32.2. The van der Waals surface area contributed by atoms with E-state index in [-0.39, 0.29) is 40.6 Å². The Hall–Kier alpha value is -3.51. The molecular formula is C21H23FN11O10PS. The molecule has 24 heteroatoms. The molecule has 8 rings (SSSR count). The fourth-order valence-corrected chi connectivity index (χ4v) is 7.93. The average Bonchev–Trinajstić information content (AvgIpc) is 3.72. The van der Waals surface area contributed by atoms with Crippen LogP contribution in [0.2, 0.25) is 0 Å². The van der Waals surface area contributed by atoms with Crippen molar-refractivity contribution in [2.45, 2.75) is 48.6 Å². The Morgan fingerprint density at radius 3 is 2.27 bits per heavy atom. The molecule has 6 N–H and O–H groups in total. The predicted molar refractivity (Wildman–Crippen MR) is 143 cm³/mol. The number of nitrogen functional groups attached to an aromatic ring is 2. The number of halogens is 1. The zero-order valence-electron chi connectivity index (χ0n) is 22.6. The van der Waals surface area contributed by atoms with Gasteiger partial charge in [-0.1, -0.05) is 0 Å². The average molecular weight is 672 g/mol. The Bertz CT molecular complexity index is 1980. The smallest absolute Gasteiger partial charge is 0.382 e. The van der Waals surface area contributed by atoms with E-state index < -0.39 is 79.9 Å². The summed E-state index contributed by atoms with van der Waals surface area (Å²) >= 11 is 0. The molecule has 4 aromatic rings. The van der Waals surface area contributed by atoms with Gasteiger partial charge in [0.05, 0.1) is 25.9 Å². The maximum atomic E-state index is 15.9. The van der Waals surface area contributed by atoms with Crippen LogP contribution >= 0.6 is 7.82 Å². The number of ether oxygens (including phenoxy) is 3. The van der Waals surface area contributed by atoms with Crippen LogP contribution in [0.25, 0.3) is 22.3 Å². The normalized spacial score (nSPS) is 38.1. The summed E-state index contributed by atoms with van der Waals surface area (Å²) in [6.45, 7) is -1.64. The van der Waals surface area contributed by atoms with Gasteiger partial charge >= 0.3 is 18.1 Å². The van der Waals surface area contributed by atoms with E-state index in [0.717, 1.165) is 6.33 Å². The number of nitrogens with two attached hydrogens (primary N) is 2. The molecule has 0 bridgehead atoms. The number of fused-ring (bicyclic) bond motifs is 3. The first-order valence-corrected chi connectivity index (χ1v) is 16.2. The van der Waals surface area contributed by atoms with Crippen LogP contribution in [-0.2, 0) is 42.3 Å². The van der Waals surface area contributed by atoms with Crippen molar-refractivity contribution in [2.75, 3.05) is 31.2 Å². The lowest BCUT2D eigenvalue weighted by Gasteiger charge is -2.45. The summed E-state index contributed by atoms with van der Waals surface area (Å²) < 4.78 is 94.3. The number of alkyl halides is 1. The van der Waals surface area contributed by atoms with E-state index in [9.17, 15) is 17.9 Å². The van der Waals surface area contributed by atoms with Crippen LogP contribution in [0, 0.1) is 0 Å². The number of imidazole rings is 2. The SMILES string of the molecule is Nc1ncnc2c1ncn2[C@@H]1O[C@@H]2CNS(=O)(=O)OC34CO[C@H]3[C@H](n3cnc5c(N)ncnc53)O[C@@H]4COP(=O)(O)O[C@H]2[C@H]1F. The lowest BCUT2D eigenvalue weighted by molar-refractivity contribution is -0.220. The van der Waals surface area contributed by atoms with Crippen molar-refractivity contribution in [1.29, 1.82) is 0 Å². The predicted octanol–water partition coefficient (Wildman–Crippen LogP) is -1.53. The van der Waals surface area contributed by atoms with E-state index in [2.05, 4.69) is 34.6 Å². The molecular weight excluding hydrogens is 648 g/mol. The lowest BCUT2D eigenvalue weighted by atomic mass is 9.88. The van der Waals surface area contributed by atoms with Crippen LogP contribution in [0.1, 0.15) is 12.5 Å². The Labute approximate surface area is 250 Å². The summed E-state index contributed by atoms with van der Waals surface area (Å²) in [5.41, 5.74) is 10.8. The van der Waals surface area contributed by atoms with E-state index in [1.165, 1.54) is 28.1 Å². The van der Waals surface area contributed by atoms with Crippen molar-refractivity contribution < 1.29 is 49.7 Å². The van der Waals surface area contributed by atoms with E-state index >= 15 is 4.39 Å². The van der Waals surface area contributed by atoms with Gasteiger partial charge in [0.2, 0.25) is 0 Å². The third-order valence-corrected chi connectivity index (χ3v) is 10.1. The molecule has 8 heterocycles. The van der Waals surface area contributed by atoms with Gasteiger partial charge in [-0.15, -0.1) is 0 Å². The maximum Gasteiger partial charge on any atom is 0.472 e. The van der Waals surface area contributed by atoms with Crippen LogP contribution in [0.4, 0.5) is 16.0 Å². The summed E-state index contributed by atoms with van der Waals surface area (Å²) in [6.07, 6.45) is -5.45. The van der Waals surface area contributed by atoms with Gasteiger partial charge in [0.25, 0.3) is 0 Å². The van der Waals surface area contributed by atoms with Crippen molar-refractivity contribution in [2.24, 2.45) is 0 Å². The second-order valence-corrected chi connectivity index (χ2v) is 13.4. The molecule has 9 atom stereocenters.